The number of thiophene rings is 1. The lowest BCUT2D eigenvalue weighted by molar-refractivity contribution is -0.129. The van der Waals surface area contributed by atoms with Gasteiger partial charge < -0.3 is 4.74 Å². The van der Waals surface area contributed by atoms with Gasteiger partial charge in [0.05, 0.1) is 0 Å². The first-order chi connectivity index (χ1) is 14.0. The minimum Gasteiger partial charge on any atom is -0.423 e. The third-order valence-corrected chi connectivity index (χ3v) is 7.60. The molecule has 0 atom stereocenters. The molecule has 29 heavy (non-hydrogen) atoms. The van der Waals surface area contributed by atoms with Crippen LogP contribution in [-0.4, -0.2) is 5.97 Å². The quantitative estimate of drug-likeness (QED) is 0.152. The molecule has 1 aromatic heterocycles. The Morgan fingerprint density at radius 2 is 1.45 bits per heavy atom. The summed E-state index contributed by atoms with van der Waals surface area (Å²) in [6.07, 6.45) is 2.42. The van der Waals surface area contributed by atoms with E-state index in [1.54, 1.807) is 6.08 Å². The van der Waals surface area contributed by atoms with Crippen molar-refractivity contribution in [2.75, 3.05) is 0 Å². The predicted octanol–water partition coefficient (Wildman–Crippen LogP) is 7.61. The van der Waals surface area contributed by atoms with Crippen LogP contribution in [0.2, 0.25) is 0 Å². The Kier molecular flexibility index (Phi) is 5.25. The molecular formula is C26H25O2S+. The van der Waals surface area contributed by atoms with Crippen LogP contribution in [0.4, 0.5) is 0 Å². The number of ether oxygens (including phenoxy) is 1. The number of aryl methyl sites for hydroxylation is 2. The maximum absolute atomic E-state index is 12.3. The summed E-state index contributed by atoms with van der Waals surface area (Å²) in [5.74, 6) is 0.366. The summed E-state index contributed by atoms with van der Waals surface area (Å²) < 4.78 is 8.41. The van der Waals surface area contributed by atoms with Crippen LogP contribution in [-0.2, 0) is 4.79 Å². The zero-order chi connectivity index (χ0) is 20.5. The molecule has 0 saturated heterocycles. The van der Waals surface area contributed by atoms with Crippen molar-refractivity contribution in [3.8, 4) is 10.6 Å². The molecule has 2 nitrogen and oxygen atoms in total. The highest BCUT2D eigenvalue weighted by molar-refractivity contribution is 7.50. The van der Waals surface area contributed by atoms with Gasteiger partial charge in [0.1, 0.15) is 5.75 Å². The molecule has 3 heteroatoms. The average Bonchev–Trinajstić information content (AvgIpc) is 3.05. The molecule has 0 amide bonds. The van der Waals surface area contributed by atoms with E-state index in [1.165, 1.54) is 25.1 Å². The number of rotatable bonds is 4. The molecule has 4 rings (SSSR count). The smallest absolute Gasteiger partial charge is 0.336 e. The van der Waals surface area contributed by atoms with Crippen molar-refractivity contribution in [2.24, 2.45) is 0 Å². The first kappa shape index (κ1) is 19.4. The van der Waals surface area contributed by atoms with Crippen LogP contribution < -0.4 is 4.74 Å². The Morgan fingerprint density at radius 1 is 0.931 bits per heavy atom. The zero-order valence-corrected chi connectivity index (χ0v) is 18.1. The van der Waals surface area contributed by atoms with Crippen LogP contribution >= 0.6 is 10.5 Å². The van der Waals surface area contributed by atoms with Crippen LogP contribution in [0, 0.1) is 13.8 Å². The van der Waals surface area contributed by atoms with E-state index < -0.39 is 0 Å². The van der Waals surface area contributed by atoms with E-state index in [2.05, 4.69) is 60.7 Å². The molecule has 0 radical (unpaired) electrons. The Labute approximate surface area is 174 Å². The first-order valence-corrected chi connectivity index (χ1v) is 11.1. The van der Waals surface area contributed by atoms with Crippen LogP contribution in [0.3, 0.4) is 0 Å². The summed E-state index contributed by atoms with van der Waals surface area (Å²) >= 11 is 0. The Hall–Kier alpha value is -2.91. The molecule has 0 aliphatic carbocycles. The zero-order valence-electron chi connectivity index (χ0n) is 17.3. The lowest BCUT2D eigenvalue weighted by Gasteiger charge is -2.10. The molecular weight excluding hydrogens is 376 g/mol. The monoisotopic (exact) mass is 401 g/mol. The fourth-order valence-electron chi connectivity index (χ4n) is 3.73. The summed E-state index contributed by atoms with van der Waals surface area (Å²) in [7, 11) is -0.145. The summed E-state index contributed by atoms with van der Waals surface area (Å²) in [4.78, 5) is 13.5. The summed E-state index contributed by atoms with van der Waals surface area (Å²) in [6.45, 7) is 8.02. The summed E-state index contributed by atoms with van der Waals surface area (Å²) in [6, 6.07) is 21.7. The molecule has 0 unspecified atom stereocenters. The molecule has 0 bridgehead atoms. The molecule has 4 aromatic rings. The van der Waals surface area contributed by atoms with E-state index in [1.807, 2.05) is 27.7 Å². The largest absolute Gasteiger partial charge is 0.423 e. The van der Waals surface area contributed by atoms with E-state index in [0.717, 1.165) is 23.1 Å². The first-order valence-electron chi connectivity index (χ1n) is 9.92. The molecule has 0 aliphatic rings. The highest BCUT2D eigenvalue weighted by atomic mass is 32.2. The molecule has 0 N–H and O–H groups in total. The van der Waals surface area contributed by atoms with Crippen LogP contribution in [0.1, 0.15) is 31.4 Å². The minimum absolute atomic E-state index is 0.145. The molecule has 146 valence electrons. The van der Waals surface area contributed by atoms with Crippen molar-refractivity contribution < 1.29 is 9.53 Å². The van der Waals surface area contributed by atoms with Gasteiger partial charge in [0.2, 0.25) is 0 Å². The lowest BCUT2D eigenvalue weighted by atomic mass is 10.1. The van der Waals surface area contributed by atoms with Gasteiger partial charge in [-0.2, -0.15) is 0 Å². The summed E-state index contributed by atoms with van der Waals surface area (Å²) in [5, 5.41) is 2.63. The topological polar surface area (TPSA) is 26.3 Å². The second-order valence-corrected chi connectivity index (χ2v) is 9.41. The number of carbonyl (C=O) groups is 1. The van der Waals surface area contributed by atoms with Crippen LogP contribution in [0.5, 0.6) is 5.75 Å². The second-order valence-electron chi connectivity index (χ2n) is 7.45. The standard InChI is InChI=1S/C26H25O2S/c1-5-17(2)14-25(27)28-26-18(3)15-20(16-19(26)4)29-23-12-8-6-10-21(23)22-11-7-9-13-24(22)29/h6-16H,5H2,1-4H3/q+1/b17-14+. The number of benzene rings is 3. The lowest BCUT2D eigenvalue weighted by Crippen LogP contribution is -2.07. The number of carbonyl (C=O) groups excluding carboxylic acids is 1. The number of hydrogen-bond donors (Lipinski definition) is 0. The third-order valence-electron chi connectivity index (χ3n) is 5.30. The predicted molar refractivity (Wildman–Crippen MR) is 124 cm³/mol. The van der Waals surface area contributed by atoms with Crippen LogP contribution in [0.15, 0.2) is 72.3 Å². The fourth-order valence-corrected chi connectivity index (χ4v) is 6.29. The van der Waals surface area contributed by atoms with Crippen molar-refractivity contribution in [1.82, 2.24) is 0 Å². The third kappa shape index (κ3) is 3.58. The van der Waals surface area contributed by atoms with Crippen molar-refractivity contribution in [2.45, 2.75) is 34.1 Å². The number of allylic oxidation sites excluding steroid dienone is 1. The van der Waals surface area contributed by atoms with Crippen molar-refractivity contribution in [3.05, 3.63) is 83.4 Å². The normalized spacial score (nSPS) is 11.9. The van der Waals surface area contributed by atoms with E-state index in [9.17, 15) is 4.79 Å². The molecule has 0 fully saturated rings. The molecule has 1 heterocycles. The van der Waals surface area contributed by atoms with Gasteiger partial charge >= 0.3 is 5.97 Å². The summed E-state index contributed by atoms with van der Waals surface area (Å²) in [5.41, 5.74) is 3.00. The highest BCUT2D eigenvalue weighted by Gasteiger charge is 2.24. The maximum atomic E-state index is 12.3. The number of esters is 1. The van der Waals surface area contributed by atoms with Gasteiger partial charge in [-0.25, -0.2) is 4.79 Å². The van der Waals surface area contributed by atoms with Gasteiger partial charge in [-0.15, -0.1) is 0 Å². The molecule has 3 aromatic carbocycles. The SMILES string of the molecule is CC/C(C)=C/C(=O)Oc1c(C)cc(-[s+]2c3ccccc3c3ccccc32)cc1C. The second kappa shape index (κ2) is 7.84. The Morgan fingerprint density at radius 3 is 1.97 bits per heavy atom. The van der Waals surface area contributed by atoms with Crippen molar-refractivity contribution in [3.63, 3.8) is 0 Å². The molecule has 0 saturated carbocycles. The Bertz CT molecular complexity index is 1180. The van der Waals surface area contributed by atoms with Gasteiger partial charge in [0.15, 0.2) is 14.3 Å². The Balaban J connectivity index is 1.84. The number of fused-ring (bicyclic) bond motifs is 3. The van der Waals surface area contributed by atoms with Crippen LogP contribution in [0.25, 0.3) is 25.1 Å². The van der Waals surface area contributed by atoms with E-state index >= 15 is 0 Å². The average molecular weight is 402 g/mol. The molecule has 0 spiro atoms. The van der Waals surface area contributed by atoms with E-state index in [0.29, 0.717) is 5.75 Å². The van der Waals surface area contributed by atoms with E-state index in [-0.39, 0.29) is 16.4 Å². The van der Waals surface area contributed by atoms with Gasteiger partial charge in [0, 0.05) is 39.5 Å². The highest BCUT2D eigenvalue weighted by Crippen LogP contribution is 2.49. The fraction of sp³-hybridized carbons (Fsp3) is 0.192. The van der Waals surface area contributed by atoms with E-state index in [4.69, 9.17) is 4.74 Å². The molecule has 0 aliphatic heterocycles. The van der Waals surface area contributed by atoms with Gasteiger partial charge in [-0.1, -0.05) is 36.8 Å². The van der Waals surface area contributed by atoms with Gasteiger partial charge in [-0.05, 0) is 62.6 Å². The van der Waals surface area contributed by atoms with Gasteiger partial charge in [0.25, 0.3) is 0 Å². The number of hydrogen-bond acceptors (Lipinski definition) is 2. The maximum Gasteiger partial charge on any atom is 0.336 e. The van der Waals surface area contributed by atoms with Crippen molar-refractivity contribution in [1.29, 1.82) is 0 Å². The minimum atomic E-state index is -0.303. The van der Waals surface area contributed by atoms with Gasteiger partial charge in [-0.3, -0.25) is 0 Å². The van der Waals surface area contributed by atoms with Crippen molar-refractivity contribution >= 4 is 36.6 Å².